The number of rotatable bonds is 5. The van der Waals surface area contributed by atoms with Crippen LogP contribution in [0, 0.1) is 6.92 Å². The van der Waals surface area contributed by atoms with Crippen LogP contribution in [0.15, 0.2) is 27.4 Å². The maximum Gasteiger partial charge on any atom is 0.260 e. The molecule has 0 saturated heterocycles. The van der Waals surface area contributed by atoms with Gasteiger partial charge in [-0.05, 0) is 28.8 Å². The average Bonchev–Trinajstić information content (AvgIpc) is 3.10. The number of thiophene rings is 1. The molecule has 0 spiro atoms. The molecule has 3 rings (SSSR count). The number of nitrogens with one attached hydrogen (secondary N) is 2. The number of imidazole rings is 1. The van der Waals surface area contributed by atoms with E-state index in [0.29, 0.717) is 10.8 Å². The van der Waals surface area contributed by atoms with E-state index in [4.69, 9.17) is 0 Å². The molecule has 3 aromatic heterocycles. The fourth-order valence-electron chi connectivity index (χ4n) is 1.99. The average molecular weight is 342 g/mol. The lowest BCUT2D eigenvalue weighted by Gasteiger charge is -2.07. The third kappa shape index (κ3) is 2.57. The lowest BCUT2D eigenvalue weighted by atomic mass is 10.2. The summed E-state index contributed by atoms with van der Waals surface area (Å²) in [5.41, 5.74) is 2.08. The molecule has 0 aliphatic rings. The molecule has 0 aromatic carbocycles. The van der Waals surface area contributed by atoms with Crippen LogP contribution in [0.5, 0.6) is 0 Å². The van der Waals surface area contributed by atoms with Crippen LogP contribution >= 0.6 is 22.7 Å². The minimum atomic E-state index is -3.65. The van der Waals surface area contributed by atoms with Crippen molar-refractivity contribution in [2.24, 2.45) is 0 Å². The molecule has 0 bridgehead atoms. The Bertz CT molecular complexity index is 875. The topological polar surface area (TPSA) is 75.5 Å². The van der Waals surface area contributed by atoms with E-state index in [-0.39, 0.29) is 11.6 Å². The highest BCUT2D eigenvalue weighted by atomic mass is 32.2. The molecule has 21 heavy (non-hydrogen) atoms. The highest BCUT2D eigenvalue weighted by Crippen LogP contribution is 2.25. The zero-order chi connectivity index (χ0) is 15.0. The summed E-state index contributed by atoms with van der Waals surface area (Å²) >= 11 is 2.96. The van der Waals surface area contributed by atoms with E-state index in [2.05, 4.69) is 15.0 Å². The van der Waals surface area contributed by atoms with Crippen molar-refractivity contribution in [3.8, 4) is 0 Å². The van der Waals surface area contributed by atoms with E-state index in [0.717, 1.165) is 11.1 Å². The van der Waals surface area contributed by atoms with E-state index >= 15 is 0 Å². The monoisotopic (exact) mass is 342 g/mol. The van der Waals surface area contributed by atoms with Crippen molar-refractivity contribution < 1.29 is 8.42 Å². The molecular weight excluding hydrogens is 328 g/mol. The van der Waals surface area contributed by atoms with Crippen molar-refractivity contribution in [1.82, 2.24) is 14.1 Å². The first-order valence-electron chi connectivity index (χ1n) is 6.17. The molecule has 0 saturated carbocycles. The van der Waals surface area contributed by atoms with Crippen molar-refractivity contribution in [3.63, 3.8) is 0 Å². The van der Waals surface area contributed by atoms with Gasteiger partial charge < -0.3 is 5.32 Å². The second-order valence-electron chi connectivity index (χ2n) is 4.48. The number of anilines is 1. The van der Waals surface area contributed by atoms with E-state index in [1.54, 1.807) is 29.0 Å². The first kappa shape index (κ1) is 14.5. The number of fused-ring (bicyclic) bond motifs is 1. The summed E-state index contributed by atoms with van der Waals surface area (Å²) in [6.45, 7) is 2.24. The van der Waals surface area contributed by atoms with Crippen LogP contribution in [0.2, 0.25) is 0 Å². The third-order valence-electron chi connectivity index (χ3n) is 3.12. The minimum absolute atomic E-state index is 0.147. The van der Waals surface area contributed by atoms with Gasteiger partial charge in [-0.1, -0.05) is 0 Å². The van der Waals surface area contributed by atoms with Crippen molar-refractivity contribution in [2.45, 2.75) is 18.5 Å². The quantitative estimate of drug-likeness (QED) is 0.746. The van der Waals surface area contributed by atoms with Crippen LogP contribution in [0.25, 0.3) is 4.96 Å². The molecule has 2 N–H and O–H groups in total. The molecule has 6 nitrogen and oxygen atoms in total. The number of sulfonamides is 1. The number of aryl methyl sites for hydroxylation is 1. The van der Waals surface area contributed by atoms with Crippen molar-refractivity contribution >= 4 is 43.5 Å². The van der Waals surface area contributed by atoms with Crippen molar-refractivity contribution in [2.75, 3.05) is 12.4 Å². The Hall–Kier alpha value is -1.42. The molecule has 0 unspecified atom stereocenters. The van der Waals surface area contributed by atoms with Crippen molar-refractivity contribution in [3.05, 3.63) is 33.5 Å². The zero-order valence-electron chi connectivity index (χ0n) is 11.5. The fraction of sp³-hybridized carbons (Fsp3) is 0.250. The fourth-order valence-corrected chi connectivity index (χ4v) is 4.91. The van der Waals surface area contributed by atoms with Gasteiger partial charge >= 0.3 is 0 Å². The molecule has 0 aliphatic carbocycles. The van der Waals surface area contributed by atoms with Gasteiger partial charge in [0.05, 0.1) is 0 Å². The SMILES string of the molecule is CNc1nc2sccn2c1S(=O)(=O)NCc1cscc1C. The molecule has 3 heterocycles. The first-order chi connectivity index (χ1) is 10.0. The highest BCUT2D eigenvalue weighted by molar-refractivity contribution is 7.89. The summed E-state index contributed by atoms with van der Waals surface area (Å²) in [7, 11) is -1.99. The molecule has 0 radical (unpaired) electrons. The number of thiazole rings is 1. The molecule has 112 valence electrons. The number of aromatic nitrogens is 2. The molecular formula is C12H14N4O2S3. The molecule has 0 amide bonds. The summed E-state index contributed by atoms with van der Waals surface area (Å²) in [5.74, 6) is 0.358. The van der Waals surface area contributed by atoms with E-state index < -0.39 is 10.0 Å². The van der Waals surface area contributed by atoms with E-state index in [1.165, 1.54) is 11.3 Å². The molecule has 9 heteroatoms. The lowest BCUT2D eigenvalue weighted by Crippen LogP contribution is -2.25. The number of hydrogen-bond acceptors (Lipinski definition) is 6. The van der Waals surface area contributed by atoms with Crippen LogP contribution in [-0.2, 0) is 16.6 Å². The Labute approximate surface area is 130 Å². The summed E-state index contributed by atoms with van der Waals surface area (Å²) in [5, 5.41) is 8.75. The molecule has 0 aliphatic heterocycles. The standard InChI is InChI=1S/C12H14N4O2S3/c1-8-6-19-7-9(8)5-14-21(17,18)11-10(13-2)15-12-16(11)3-4-20-12/h3-4,6-7,13-14H,5H2,1-2H3. The Morgan fingerprint density at radius 1 is 1.38 bits per heavy atom. The smallest absolute Gasteiger partial charge is 0.260 e. The normalized spacial score (nSPS) is 12.1. The number of nitrogens with zero attached hydrogens (tertiary/aromatic N) is 2. The molecule has 3 aromatic rings. The van der Waals surface area contributed by atoms with Gasteiger partial charge in [-0.3, -0.25) is 4.40 Å². The van der Waals surface area contributed by atoms with Gasteiger partial charge in [-0.15, -0.1) is 11.3 Å². The summed E-state index contributed by atoms with van der Waals surface area (Å²) in [6, 6.07) is 0. The summed E-state index contributed by atoms with van der Waals surface area (Å²) < 4.78 is 29.4. The van der Waals surface area contributed by atoms with Gasteiger partial charge in [0.2, 0.25) is 0 Å². The molecule has 0 atom stereocenters. The Kier molecular flexibility index (Phi) is 3.74. The van der Waals surface area contributed by atoms with Gasteiger partial charge in [-0.25, -0.2) is 18.1 Å². The largest absolute Gasteiger partial charge is 0.371 e. The Morgan fingerprint density at radius 3 is 2.86 bits per heavy atom. The van der Waals surface area contributed by atoms with Crippen LogP contribution in [0.4, 0.5) is 5.82 Å². The summed E-state index contributed by atoms with van der Waals surface area (Å²) in [4.78, 5) is 4.92. The second kappa shape index (κ2) is 5.41. The Balaban J connectivity index is 1.96. The lowest BCUT2D eigenvalue weighted by molar-refractivity contribution is 0.577. The van der Waals surface area contributed by atoms with E-state index in [1.807, 2.05) is 23.1 Å². The zero-order valence-corrected chi connectivity index (χ0v) is 13.9. The van der Waals surface area contributed by atoms with E-state index in [9.17, 15) is 8.42 Å². The van der Waals surface area contributed by atoms with Gasteiger partial charge in [0.25, 0.3) is 10.0 Å². The highest BCUT2D eigenvalue weighted by Gasteiger charge is 2.25. The molecule has 0 fully saturated rings. The second-order valence-corrected chi connectivity index (χ2v) is 7.77. The predicted octanol–water partition coefficient (Wildman–Crippen LogP) is 2.29. The maximum absolute atomic E-state index is 12.6. The third-order valence-corrected chi connectivity index (χ3v) is 6.21. The van der Waals surface area contributed by atoms with Crippen molar-refractivity contribution in [1.29, 1.82) is 0 Å². The van der Waals surface area contributed by atoms with Gasteiger partial charge in [-0.2, -0.15) is 11.3 Å². The van der Waals surface area contributed by atoms with Gasteiger partial charge in [0.1, 0.15) is 0 Å². The van der Waals surface area contributed by atoms with Crippen LogP contribution < -0.4 is 10.0 Å². The van der Waals surface area contributed by atoms with Crippen LogP contribution in [0.1, 0.15) is 11.1 Å². The minimum Gasteiger partial charge on any atom is -0.371 e. The Morgan fingerprint density at radius 2 is 2.19 bits per heavy atom. The van der Waals surface area contributed by atoms with Gasteiger partial charge in [0.15, 0.2) is 15.8 Å². The number of hydrogen-bond donors (Lipinski definition) is 2. The summed E-state index contributed by atoms with van der Waals surface area (Å²) in [6.07, 6.45) is 1.71. The maximum atomic E-state index is 12.6. The first-order valence-corrected chi connectivity index (χ1v) is 9.48. The predicted molar refractivity (Wildman–Crippen MR) is 85.7 cm³/mol. The van der Waals surface area contributed by atoms with Gasteiger partial charge in [0, 0.05) is 25.2 Å². The van der Waals surface area contributed by atoms with Crippen LogP contribution in [-0.4, -0.2) is 24.9 Å². The van der Waals surface area contributed by atoms with Crippen LogP contribution in [0.3, 0.4) is 0 Å².